The Kier molecular flexibility index (Phi) is 9.62. The van der Waals surface area contributed by atoms with E-state index in [1.807, 2.05) is 25.7 Å². The third-order valence-electron chi connectivity index (χ3n) is 3.97. The minimum absolute atomic E-state index is 0.0633. The van der Waals surface area contributed by atoms with Gasteiger partial charge in [0.1, 0.15) is 5.60 Å². The summed E-state index contributed by atoms with van der Waals surface area (Å²) in [6, 6.07) is 5.16. The molecule has 0 heterocycles. The molecular weight excluding hydrogens is 360 g/mol. The first-order valence-corrected chi connectivity index (χ1v) is 9.70. The van der Waals surface area contributed by atoms with E-state index >= 15 is 0 Å². The molecule has 1 aromatic rings. The van der Waals surface area contributed by atoms with Crippen molar-refractivity contribution in [3.8, 4) is 11.5 Å². The topological polar surface area (TPSA) is 77.1 Å². The van der Waals surface area contributed by atoms with E-state index in [-0.39, 0.29) is 5.91 Å². The van der Waals surface area contributed by atoms with Crippen molar-refractivity contribution >= 4 is 12.0 Å². The Morgan fingerprint density at radius 3 is 2.25 bits per heavy atom. The monoisotopic (exact) mass is 394 g/mol. The van der Waals surface area contributed by atoms with Gasteiger partial charge in [-0.05, 0) is 51.8 Å². The van der Waals surface area contributed by atoms with Crippen LogP contribution in [0.2, 0.25) is 0 Å². The minimum Gasteiger partial charge on any atom is -0.493 e. The fraction of sp³-hybridized carbons (Fsp3) is 0.619. The Morgan fingerprint density at radius 2 is 1.68 bits per heavy atom. The molecule has 0 aromatic heterocycles. The molecule has 0 bridgehead atoms. The molecule has 0 radical (unpaired) electrons. The molecule has 0 spiro atoms. The number of hydrogen-bond acceptors (Lipinski definition) is 5. The Balaban J connectivity index is 2.69. The van der Waals surface area contributed by atoms with Crippen LogP contribution in [0.3, 0.4) is 0 Å². The van der Waals surface area contributed by atoms with Crippen molar-refractivity contribution in [2.24, 2.45) is 0 Å². The highest BCUT2D eigenvalue weighted by Gasteiger charge is 2.18. The third kappa shape index (κ3) is 8.06. The van der Waals surface area contributed by atoms with Gasteiger partial charge < -0.3 is 24.4 Å². The van der Waals surface area contributed by atoms with Gasteiger partial charge in [0.25, 0.3) is 5.91 Å². The van der Waals surface area contributed by atoms with Gasteiger partial charge in [-0.25, -0.2) is 4.79 Å². The lowest BCUT2D eigenvalue weighted by molar-refractivity contribution is 0.0525. The van der Waals surface area contributed by atoms with E-state index < -0.39 is 11.7 Å². The molecule has 0 aliphatic heterocycles. The average Bonchev–Trinajstić information content (AvgIpc) is 2.64. The molecule has 1 aromatic carbocycles. The first-order chi connectivity index (χ1) is 13.2. The fourth-order valence-electron chi connectivity index (χ4n) is 2.59. The first-order valence-electron chi connectivity index (χ1n) is 9.70. The highest BCUT2D eigenvalue weighted by atomic mass is 16.6. The molecular formula is C21H34N2O5. The van der Waals surface area contributed by atoms with Crippen LogP contribution in [-0.2, 0) is 4.74 Å². The summed E-state index contributed by atoms with van der Waals surface area (Å²) in [5.74, 6) is 1.04. The van der Waals surface area contributed by atoms with E-state index in [2.05, 4.69) is 12.2 Å². The van der Waals surface area contributed by atoms with Gasteiger partial charge in [-0.3, -0.25) is 4.79 Å². The summed E-state index contributed by atoms with van der Waals surface area (Å²) in [6.45, 7) is 9.20. The smallest absolute Gasteiger partial charge is 0.407 e. The second-order valence-electron chi connectivity index (χ2n) is 7.50. The Morgan fingerprint density at radius 1 is 1.04 bits per heavy atom. The molecule has 0 atom stereocenters. The van der Waals surface area contributed by atoms with Gasteiger partial charge in [0, 0.05) is 25.2 Å². The van der Waals surface area contributed by atoms with E-state index in [0.717, 1.165) is 12.8 Å². The first kappa shape index (κ1) is 23.6. The van der Waals surface area contributed by atoms with Crippen LogP contribution >= 0.6 is 0 Å². The molecule has 7 nitrogen and oxygen atoms in total. The van der Waals surface area contributed by atoms with Gasteiger partial charge in [0.2, 0.25) is 0 Å². The van der Waals surface area contributed by atoms with Crippen LogP contribution < -0.4 is 14.8 Å². The molecule has 1 rings (SSSR count). The average molecular weight is 395 g/mol. The molecule has 7 heteroatoms. The zero-order valence-electron chi connectivity index (χ0n) is 18.0. The molecule has 158 valence electrons. The summed E-state index contributed by atoms with van der Waals surface area (Å²) in [5.41, 5.74) is 0.0227. The van der Waals surface area contributed by atoms with Gasteiger partial charge in [-0.2, -0.15) is 0 Å². The Hall–Kier alpha value is -2.44. The van der Waals surface area contributed by atoms with Gasteiger partial charge in [-0.15, -0.1) is 0 Å². The number of carbonyl (C=O) groups is 2. The molecule has 0 aliphatic rings. The zero-order valence-corrected chi connectivity index (χ0v) is 18.0. The summed E-state index contributed by atoms with van der Waals surface area (Å²) in [7, 11) is 3.11. The third-order valence-corrected chi connectivity index (χ3v) is 3.97. The summed E-state index contributed by atoms with van der Waals surface area (Å²) in [5, 5.41) is 2.73. The van der Waals surface area contributed by atoms with Gasteiger partial charge in [0.15, 0.2) is 11.5 Å². The number of hydrogen-bond donors (Lipinski definition) is 1. The predicted octanol–water partition coefficient (Wildman–Crippen LogP) is 3.86. The maximum atomic E-state index is 13.0. The van der Waals surface area contributed by atoms with Crippen molar-refractivity contribution in [1.82, 2.24) is 10.2 Å². The maximum absolute atomic E-state index is 13.0. The van der Waals surface area contributed by atoms with E-state index in [4.69, 9.17) is 14.2 Å². The van der Waals surface area contributed by atoms with E-state index in [1.54, 1.807) is 32.4 Å². The highest BCUT2D eigenvalue weighted by molar-refractivity contribution is 5.95. The lowest BCUT2D eigenvalue weighted by Gasteiger charge is -2.24. The van der Waals surface area contributed by atoms with Crippen LogP contribution in [0, 0.1) is 0 Å². The molecule has 0 saturated heterocycles. The van der Waals surface area contributed by atoms with Crippen molar-refractivity contribution in [3.63, 3.8) is 0 Å². The second-order valence-corrected chi connectivity index (χ2v) is 7.50. The molecule has 28 heavy (non-hydrogen) atoms. The van der Waals surface area contributed by atoms with Crippen LogP contribution in [-0.4, -0.2) is 56.4 Å². The largest absolute Gasteiger partial charge is 0.493 e. The number of rotatable bonds is 10. The summed E-state index contributed by atoms with van der Waals surface area (Å²) >= 11 is 0. The van der Waals surface area contributed by atoms with E-state index in [0.29, 0.717) is 43.1 Å². The number of alkyl carbamates (subject to hydrolysis) is 1. The lowest BCUT2D eigenvalue weighted by atomic mass is 10.1. The second kappa shape index (κ2) is 11.4. The molecule has 0 unspecified atom stereocenters. The van der Waals surface area contributed by atoms with Crippen molar-refractivity contribution in [2.75, 3.05) is 33.9 Å². The van der Waals surface area contributed by atoms with Crippen molar-refractivity contribution in [2.45, 2.75) is 52.6 Å². The summed E-state index contributed by atoms with van der Waals surface area (Å²) in [4.78, 5) is 26.5. The minimum atomic E-state index is -0.527. The van der Waals surface area contributed by atoms with Crippen molar-refractivity contribution in [3.05, 3.63) is 23.8 Å². The van der Waals surface area contributed by atoms with Crippen molar-refractivity contribution in [1.29, 1.82) is 0 Å². The van der Waals surface area contributed by atoms with Crippen LogP contribution in [0.5, 0.6) is 11.5 Å². The molecule has 1 N–H and O–H groups in total. The number of nitrogens with one attached hydrogen (secondary N) is 1. The van der Waals surface area contributed by atoms with E-state index in [1.165, 1.54) is 0 Å². The van der Waals surface area contributed by atoms with Gasteiger partial charge in [-0.1, -0.05) is 13.3 Å². The normalized spacial score (nSPS) is 10.9. The number of unbranched alkanes of at least 4 members (excludes halogenated alkanes) is 1. The van der Waals surface area contributed by atoms with Crippen LogP contribution in [0.25, 0.3) is 0 Å². The van der Waals surface area contributed by atoms with Gasteiger partial charge >= 0.3 is 6.09 Å². The van der Waals surface area contributed by atoms with Crippen LogP contribution in [0.15, 0.2) is 18.2 Å². The number of benzene rings is 1. The summed E-state index contributed by atoms with van der Waals surface area (Å²) < 4.78 is 15.7. The highest BCUT2D eigenvalue weighted by Crippen LogP contribution is 2.28. The molecule has 0 aliphatic carbocycles. The number of methoxy groups -OCH3 is 2. The SMILES string of the molecule is CCCCN(CCCNC(=O)OC(C)(C)C)C(=O)c1ccc(OC)c(OC)c1. The molecule has 0 fully saturated rings. The number of ether oxygens (including phenoxy) is 3. The Bertz CT molecular complexity index is 640. The predicted molar refractivity (Wildman–Crippen MR) is 109 cm³/mol. The molecule has 0 saturated carbocycles. The number of carbonyl (C=O) groups excluding carboxylic acids is 2. The summed E-state index contributed by atoms with van der Waals surface area (Å²) in [6.07, 6.45) is 2.10. The van der Waals surface area contributed by atoms with Gasteiger partial charge in [0.05, 0.1) is 14.2 Å². The maximum Gasteiger partial charge on any atom is 0.407 e. The van der Waals surface area contributed by atoms with Crippen LogP contribution in [0.4, 0.5) is 4.79 Å². The van der Waals surface area contributed by atoms with Crippen LogP contribution in [0.1, 0.15) is 57.3 Å². The lowest BCUT2D eigenvalue weighted by Crippen LogP contribution is -2.36. The zero-order chi connectivity index (χ0) is 21.2. The Labute approximate surface area is 168 Å². The number of nitrogens with zero attached hydrogens (tertiary/aromatic N) is 1. The quantitative estimate of drug-likeness (QED) is 0.610. The fourth-order valence-corrected chi connectivity index (χ4v) is 2.59. The standard InChI is InChI=1S/C21H34N2O5/c1-7-8-13-23(14-9-12-22-20(25)28-21(2,3)4)19(24)16-10-11-17(26-5)18(15-16)27-6/h10-11,15H,7-9,12-14H2,1-6H3,(H,22,25). The number of amides is 2. The van der Waals surface area contributed by atoms with E-state index in [9.17, 15) is 9.59 Å². The van der Waals surface area contributed by atoms with Crippen molar-refractivity contribution < 1.29 is 23.8 Å². The molecule has 2 amide bonds.